The first kappa shape index (κ1) is 14.3. The number of amides is 3. The monoisotopic (exact) mass is 279 g/mol. The largest absolute Gasteiger partial charge is 0.338 e. The van der Waals surface area contributed by atoms with Gasteiger partial charge in [0.1, 0.15) is 5.82 Å². The van der Waals surface area contributed by atoms with Crippen LogP contribution in [0.15, 0.2) is 24.3 Å². The van der Waals surface area contributed by atoms with Gasteiger partial charge in [-0.25, -0.2) is 9.18 Å². The van der Waals surface area contributed by atoms with Crippen LogP contribution in [0.25, 0.3) is 0 Å². The predicted molar refractivity (Wildman–Crippen MR) is 73.8 cm³/mol. The molecule has 0 aliphatic carbocycles. The fraction of sp³-hybridized carbons (Fsp3) is 0.429. The summed E-state index contributed by atoms with van der Waals surface area (Å²) in [7, 11) is 0. The molecule has 6 heteroatoms. The minimum absolute atomic E-state index is 0.0380. The van der Waals surface area contributed by atoms with Gasteiger partial charge in [0.05, 0.1) is 6.04 Å². The van der Waals surface area contributed by atoms with E-state index in [1.54, 1.807) is 11.0 Å². The van der Waals surface area contributed by atoms with Crippen LogP contribution < -0.4 is 10.6 Å². The fourth-order valence-corrected chi connectivity index (χ4v) is 2.25. The maximum Gasteiger partial charge on any atom is 0.319 e. The highest BCUT2D eigenvalue weighted by Crippen LogP contribution is 2.15. The summed E-state index contributed by atoms with van der Waals surface area (Å²) in [6.07, 6.45) is 0.300. The predicted octanol–water partition coefficient (Wildman–Crippen LogP) is 1.96. The van der Waals surface area contributed by atoms with Crippen molar-refractivity contribution in [3.63, 3.8) is 0 Å². The molecule has 5 nitrogen and oxygen atoms in total. The molecule has 0 radical (unpaired) electrons. The van der Waals surface area contributed by atoms with Gasteiger partial charge in [-0.2, -0.15) is 0 Å². The normalized spacial score (nSPS) is 18.5. The zero-order valence-electron chi connectivity index (χ0n) is 11.5. The molecule has 1 saturated heterocycles. The van der Waals surface area contributed by atoms with Crippen molar-refractivity contribution in [2.24, 2.45) is 0 Å². The van der Waals surface area contributed by atoms with Crippen molar-refractivity contribution in [3.05, 3.63) is 30.1 Å². The quantitative estimate of drug-likeness (QED) is 0.888. The van der Waals surface area contributed by atoms with E-state index in [0.29, 0.717) is 18.7 Å². The van der Waals surface area contributed by atoms with E-state index in [2.05, 4.69) is 10.6 Å². The Balaban J connectivity index is 1.88. The van der Waals surface area contributed by atoms with Crippen LogP contribution in [-0.2, 0) is 4.79 Å². The van der Waals surface area contributed by atoms with E-state index < -0.39 is 11.8 Å². The number of nitrogens with one attached hydrogen (secondary N) is 2. The van der Waals surface area contributed by atoms with E-state index in [1.165, 1.54) is 18.2 Å². The second-order valence-corrected chi connectivity index (χ2v) is 5.15. The minimum atomic E-state index is -0.431. The molecular formula is C14H18FN3O2. The molecule has 1 atom stereocenters. The summed E-state index contributed by atoms with van der Waals surface area (Å²) >= 11 is 0. The Labute approximate surface area is 117 Å². The van der Waals surface area contributed by atoms with Crippen molar-refractivity contribution in [2.75, 3.05) is 11.9 Å². The summed E-state index contributed by atoms with van der Waals surface area (Å²) < 4.78 is 13.0. The van der Waals surface area contributed by atoms with Crippen molar-refractivity contribution in [1.82, 2.24) is 10.2 Å². The third-order valence-electron chi connectivity index (χ3n) is 3.20. The molecule has 1 heterocycles. The van der Waals surface area contributed by atoms with Gasteiger partial charge in [-0.15, -0.1) is 0 Å². The zero-order chi connectivity index (χ0) is 14.7. The van der Waals surface area contributed by atoms with Gasteiger partial charge in [-0.1, -0.05) is 6.07 Å². The van der Waals surface area contributed by atoms with E-state index >= 15 is 0 Å². The van der Waals surface area contributed by atoms with E-state index in [1.807, 2.05) is 13.8 Å². The van der Waals surface area contributed by atoms with Crippen molar-refractivity contribution in [1.29, 1.82) is 0 Å². The molecular weight excluding hydrogens is 261 g/mol. The number of hydrogen-bond acceptors (Lipinski definition) is 2. The first-order chi connectivity index (χ1) is 9.45. The lowest BCUT2D eigenvalue weighted by Crippen LogP contribution is -2.40. The Morgan fingerprint density at radius 3 is 2.80 bits per heavy atom. The molecule has 1 unspecified atom stereocenters. The third-order valence-corrected chi connectivity index (χ3v) is 3.20. The Kier molecular flexibility index (Phi) is 4.22. The smallest absolute Gasteiger partial charge is 0.319 e. The highest BCUT2D eigenvalue weighted by atomic mass is 19.1. The lowest BCUT2D eigenvalue weighted by Gasteiger charge is -2.21. The van der Waals surface area contributed by atoms with Crippen LogP contribution in [-0.4, -0.2) is 35.5 Å². The molecule has 2 N–H and O–H groups in total. The van der Waals surface area contributed by atoms with Gasteiger partial charge < -0.3 is 15.5 Å². The fourth-order valence-electron chi connectivity index (χ4n) is 2.25. The molecule has 1 aromatic rings. The first-order valence-electron chi connectivity index (χ1n) is 6.58. The number of anilines is 1. The minimum Gasteiger partial charge on any atom is -0.338 e. The zero-order valence-corrected chi connectivity index (χ0v) is 11.5. The topological polar surface area (TPSA) is 61.4 Å². The summed E-state index contributed by atoms with van der Waals surface area (Å²) in [4.78, 5) is 25.2. The second-order valence-electron chi connectivity index (χ2n) is 5.15. The SMILES string of the molecule is CC(C)N1CC(NC(=O)Nc2cccc(F)c2)CC1=O. The Morgan fingerprint density at radius 2 is 2.20 bits per heavy atom. The highest BCUT2D eigenvalue weighted by Gasteiger charge is 2.31. The number of likely N-dealkylation sites (tertiary alicyclic amines) is 1. The Bertz CT molecular complexity index is 519. The molecule has 0 spiro atoms. The van der Waals surface area contributed by atoms with Crippen LogP contribution in [0.3, 0.4) is 0 Å². The maximum atomic E-state index is 13.0. The summed E-state index contributed by atoms with van der Waals surface area (Å²) in [6.45, 7) is 4.38. The molecule has 2 rings (SSSR count). The van der Waals surface area contributed by atoms with Crippen LogP contribution in [0, 0.1) is 5.82 Å². The van der Waals surface area contributed by atoms with E-state index in [0.717, 1.165) is 0 Å². The molecule has 108 valence electrons. The summed E-state index contributed by atoms with van der Waals surface area (Å²) in [5.74, 6) is -0.374. The van der Waals surface area contributed by atoms with Crippen LogP contribution in [0.1, 0.15) is 20.3 Å². The van der Waals surface area contributed by atoms with Gasteiger partial charge in [0.15, 0.2) is 0 Å². The molecule has 20 heavy (non-hydrogen) atoms. The van der Waals surface area contributed by atoms with Crippen LogP contribution in [0.2, 0.25) is 0 Å². The van der Waals surface area contributed by atoms with Gasteiger partial charge in [0.25, 0.3) is 0 Å². The lowest BCUT2D eigenvalue weighted by atomic mass is 10.2. The van der Waals surface area contributed by atoms with Crippen molar-refractivity contribution >= 4 is 17.6 Å². The molecule has 1 aliphatic rings. The molecule has 1 aliphatic heterocycles. The van der Waals surface area contributed by atoms with Gasteiger partial charge in [-0.05, 0) is 32.0 Å². The number of hydrogen-bond donors (Lipinski definition) is 2. The van der Waals surface area contributed by atoms with Gasteiger partial charge >= 0.3 is 6.03 Å². The summed E-state index contributed by atoms with van der Waals surface area (Å²) in [6, 6.07) is 5.14. The molecule has 1 aromatic carbocycles. The number of urea groups is 1. The lowest BCUT2D eigenvalue weighted by molar-refractivity contribution is -0.129. The molecule has 0 bridgehead atoms. The average Bonchev–Trinajstić information content (AvgIpc) is 2.70. The van der Waals surface area contributed by atoms with E-state index in [-0.39, 0.29) is 18.0 Å². The standard InChI is InChI=1S/C14H18FN3O2/c1-9(2)18-8-12(7-13(18)19)17-14(20)16-11-5-3-4-10(15)6-11/h3-6,9,12H,7-8H2,1-2H3,(H2,16,17,20). The number of rotatable bonds is 3. The number of carbonyl (C=O) groups is 2. The number of carbonyl (C=O) groups excluding carboxylic acids is 2. The van der Waals surface area contributed by atoms with Crippen molar-refractivity contribution in [2.45, 2.75) is 32.4 Å². The van der Waals surface area contributed by atoms with E-state index in [4.69, 9.17) is 0 Å². The number of halogens is 1. The molecule has 0 aromatic heterocycles. The van der Waals surface area contributed by atoms with Gasteiger partial charge in [0.2, 0.25) is 5.91 Å². The van der Waals surface area contributed by atoms with Crippen LogP contribution in [0.5, 0.6) is 0 Å². The first-order valence-corrected chi connectivity index (χ1v) is 6.58. The molecule has 0 saturated carbocycles. The van der Waals surface area contributed by atoms with Crippen LogP contribution >= 0.6 is 0 Å². The number of benzene rings is 1. The number of nitrogens with zero attached hydrogens (tertiary/aromatic N) is 1. The van der Waals surface area contributed by atoms with Crippen molar-refractivity contribution in [3.8, 4) is 0 Å². The third kappa shape index (κ3) is 3.46. The average molecular weight is 279 g/mol. The van der Waals surface area contributed by atoms with Crippen LogP contribution in [0.4, 0.5) is 14.9 Å². The highest BCUT2D eigenvalue weighted by molar-refractivity contribution is 5.90. The molecule has 3 amide bonds. The van der Waals surface area contributed by atoms with Crippen molar-refractivity contribution < 1.29 is 14.0 Å². The summed E-state index contributed by atoms with van der Waals surface area (Å²) in [5, 5.41) is 5.28. The van der Waals surface area contributed by atoms with Gasteiger partial charge in [-0.3, -0.25) is 4.79 Å². The molecule has 1 fully saturated rings. The Hall–Kier alpha value is -2.11. The summed E-state index contributed by atoms with van der Waals surface area (Å²) in [5.41, 5.74) is 0.382. The van der Waals surface area contributed by atoms with Gasteiger partial charge in [0, 0.05) is 24.7 Å². The van der Waals surface area contributed by atoms with E-state index in [9.17, 15) is 14.0 Å². The second kappa shape index (κ2) is 5.90. The maximum absolute atomic E-state index is 13.0. The Morgan fingerprint density at radius 1 is 1.45 bits per heavy atom.